The van der Waals surface area contributed by atoms with Crippen molar-refractivity contribution in [3.05, 3.63) is 18.2 Å². The minimum Gasteiger partial charge on any atom is -0.338 e. The number of nitrogens with one attached hydrogen (secondary N) is 1. The fourth-order valence-electron chi connectivity index (χ4n) is 1.10. The Morgan fingerprint density at radius 1 is 1.69 bits per heavy atom. The molecular formula is C9H15N3O. The lowest BCUT2D eigenvalue weighted by Crippen LogP contribution is -2.15. The van der Waals surface area contributed by atoms with Crippen LogP contribution in [-0.4, -0.2) is 28.9 Å². The maximum Gasteiger partial charge on any atom is 0.141 e. The number of hydrogen-bond acceptors (Lipinski definition) is 3. The Bertz CT molecular complexity index is 280. The molecule has 0 aliphatic heterocycles. The highest BCUT2D eigenvalue weighted by atomic mass is 16.1. The third-order valence-corrected chi connectivity index (χ3v) is 1.93. The van der Waals surface area contributed by atoms with Gasteiger partial charge in [0.2, 0.25) is 0 Å². The standard InChI is InChI=1S/C9H15N3O/c1-10-4-3-8(13)7-9-11-5-6-12(9)2/h5-6,10H,3-4,7H2,1-2H3. The molecule has 1 heterocycles. The average Bonchev–Trinajstić information content (AvgIpc) is 2.48. The summed E-state index contributed by atoms with van der Waals surface area (Å²) >= 11 is 0. The van der Waals surface area contributed by atoms with Crippen molar-refractivity contribution in [1.82, 2.24) is 14.9 Å². The smallest absolute Gasteiger partial charge is 0.141 e. The van der Waals surface area contributed by atoms with Crippen LogP contribution in [0.2, 0.25) is 0 Å². The zero-order valence-corrected chi connectivity index (χ0v) is 8.08. The molecule has 0 fully saturated rings. The molecule has 0 atom stereocenters. The Labute approximate surface area is 78.0 Å². The lowest BCUT2D eigenvalue weighted by Gasteiger charge is -2.00. The van der Waals surface area contributed by atoms with Crippen LogP contribution in [0.4, 0.5) is 0 Å². The zero-order valence-electron chi connectivity index (χ0n) is 8.08. The van der Waals surface area contributed by atoms with Crippen molar-refractivity contribution in [1.29, 1.82) is 0 Å². The number of aromatic nitrogens is 2. The van der Waals surface area contributed by atoms with Gasteiger partial charge in [-0.3, -0.25) is 4.79 Å². The number of nitrogens with zero attached hydrogens (tertiary/aromatic N) is 2. The molecule has 4 nitrogen and oxygen atoms in total. The third-order valence-electron chi connectivity index (χ3n) is 1.93. The second-order valence-corrected chi connectivity index (χ2v) is 3.02. The van der Waals surface area contributed by atoms with Crippen molar-refractivity contribution < 1.29 is 4.79 Å². The van der Waals surface area contributed by atoms with Crippen LogP contribution in [0.15, 0.2) is 12.4 Å². The molecule has 0 unspecified atom stereocenters. The first-order chi connectivity index (χ1) is 6.24. The van der Waals surface area contributed by atoms with Crippen LogP contribution >= 0.6 is 0 Å². The van der Waals surface area contributed by atoms with Crippen molar-refractivity contribution >= 4 is 5.78 Å². The molecule has 4 heteroatoms. The predicted octanol–water partition coefficient (Wildman–Crippen LogP) is 0.141. The molecule has 0 aromatic carbocycles. The van der Waals surface area contributed by atoms with Crippen molar-refractivity contribution in [2.45, 2.75) is 12.8 Å². The van der Waals surface area contributed by atoms with Gasteiger partial charge in [0.25, 0.3) is 0 Å². The molecule has 0 spiro atoms. The molecule has 0 saturated carbocycles. The fourth-order valence-corrected chi connectivity index (χ4v) is 1.10. The van der Waals surface area contributed by atoms with Gasteiger partial charge in [-0.2, -0.15) is 0 Å². The first kappa shape index (κ1) is 9.92. The van der Waals surface area contributed by atoms with Crippen LogP contribution in [0, 0.1) is 0 Å². The van der Waals surface area contributed by atoms with Crippen LogP contribution in [0.1, 0.15) is 12.2 Å². The van der Waals surface area contributed by atoms with Crippen LogP contribution in [0.5, 0.6) is 0 Å². The van der Waals surface area contributed by atoms with Crippen molar-refractivity contribution in [3.63, 3.8) is 0 Å². The number of Topliss-reactive ketones (excluding diaryl/α,β-unsaturated/α-hetero) is 1. The number of carbonyl (C=O) groups excluding carboxylic acids is 1. The van der Waals surface area contributed by atoms with Gasteiger partial charge in [0.15, 0.2) is 0 Å². The van der Waals surface area contributed by atoms with Crippen molar-refractivity contribution in [3.8, 4) is 0 Å². The predicted molar refractivity (Wildman–Crippen MR) is 50.5 cm³/mol. The molecule has 0 bridgehead atoms. The quantitative estimate of drug-likeness (QED) is 0.703. The maximum atomic E-state index is 11.3. The highest BCUT2D eigenvalue weighted by Crippen LogP contribution is 1.97. The summed E-state index contributed by atoms with van der Waals surface area (Å²) < 4.78 is 1.87. The molecule has 1 aromatic heterocycles. The topological polar surface area (TPSA) is 46.9 Å². The van der Waals surface area contributed by atoms with E-state index in [4.69, 9.17) is 0 Å². The van der Waals surface area contributed by atoms with E-state index in [1.165, 1.54) is 0 Å². The van der Waals surface area contributed by atoms with Gasteiger partial charge in [0, 0.05) is 32.4 Å². The van der Waals surface area contributed by atoms with Crippen LogP contribution in [0.3, 0.4) is 0 Å². The Morgan fingerprint density at radius 2 is 2.46 bits per heavy atom. The summed E-state index contributed by atoms with van der Waals surface area (Å²) in [7, 11) is 3.74. The van der Waals surface area contributed by atoms with E-state index in [1.54, 1.807) is 6.20 Å². The minimum absolute atomic E-state index is 0.226. The van der Waals surface area contributed by atoms with E-state index in [0.717, 1.165) is 12.4 Å². The SMILES string of the molecule is CNCCC(=O)Cc1nccn1C. The molecular weight excluding hydrogens is 166 g/mol. The largest absolute Gasteiger partial charge is 0.338 e. The van der Waals surface area contributed by atoms with E-state index in [1.807, 2.05) is 24.9 Å². The van der Waals surface area contributed by atoms with Crippen molar-refractivity contribution in [2.24, 2.45) is 7.05 Å². The number of carbonyl (C=O) groups is 1. The monoisotopic (exact) mass is 181 g/mol. The Morgan fingerprint density at radius 3 is 3.00 bits per heavy atom. The third kappa shape index (κ3) is 2.99. The lowest BCUT2D eigenvalue weighted by molar-refractivity contribution is -0.118. The van der Waals surface area contributed by atoms with Crippen LogP contribution in [-0.2, 0) is 18.3 Å². The average molecular weight is 181 g/mol. The van der Waals surface area contributed by atoms with E-state index >= 15 is 0 Å². The molecule has 13 heavy (non-hydrogen) atoms. The molecule has 0 aliphatic carbocycles. The summed E-state index contributed by atoms with van der Waals surface area (Å²) in [6, 6.07) is 0. The molecule has 72 valence electrons. The molecule has 0 amide bonds. The number of ketones is 1. The second kappa shape index (κ2) is 4.77. The molecule has 0 aliphatic rings. The van der Waals surface area contributed by atoms with Crippen molar-refractivity contribution in [2.75, 3.05) is 13.6 Å². The number of rotatable bonds is 5. The summed E-state index contributed by atoms with van der Waals surface area (Å²) in [6.07, 6.45) is 4.57. The van der Waals surface area contributed by atoms with Gasteiger partial charge >= 0.3 is 0 Å². The molecule has 1 aromatic rings. The number of imidazole rings is 1. The first-order valence-corrected chi connectivity index (χ1v) is 4.36. The normalized spacial score (nSPS) is 10.3. The molecule has 1 rings (SSSR count). The van der Waals surface area contributed by atoms with Gasteiger partial charge < -0.3 is 9.88 Å². The minimum atomic E-state index is 0.226. The highest BCUT2D eigenvalue weighted by Gasteiger charge is 2.06. The summed E-state index contributed by atoms with van der Waals surface area (Å²) in [5.41, 5.74) is 0. The van der Waals surface area contributed by atoms with Gasteiger partial charge in [0.1, 0.15) is 11.6 Å². The summed E-state index contributed by atoms with van der Waals surface area (Å²) in [4.78, 5) is 15.4. The number of aryl methyl sites for hydroxylation is 1. The first-order valence-electron chi connectivity index (χ1n) is 4.36. The van der Waals surface area contributed by atoms with Gasteiger partial charge in [-0.05, 0) is 7.05 Å². The van der Waals surface area contributed by atoms with Crippen LogP contribution < -0.4 is 5.32 Å². The van der Waals surface area contributed by atoms with E-state index in [0.29, 0.717) is 12.8 Å². The van der Waals surface area contributed by atoms with Gasteiger partial charge in [-0.15, -0.1) is 0 Å². The summed E-state index contributed by atoms with van der Waals surface area (Å²) in [5.74, 6) is 1.06. The Hall–Kier alpha value is -1.16. The highest BCUT2D eigenvalue weighted by molar-refractivity contribution is 5.80. The number of hydrogen-bond donors (Lipinski definition) is 1. The zero-order chi connectivity index (χ0) is 9.68. The van der Waals surface area contributed by atoms with Gasteiger partial charge in [-0.25, -0.2) is 4.98 Å². The lowest BCUT2D eigenvalue weighted by atomic mass is 10.2. The Balaban J connectivity index is 2.41. The molecule has 0 radical (unpaired) electrons. The van der Waals surface area contributed by atoms with Gasteiger partial charge in [0.05, 0.1) is 6.42 Å². The summed E-state index contributed by atoms with van der Waals surface area (Å²) in [5, 5.41) is 2.94. The van der Waals surface area contributed by atoms with E-state index in [9.17, 15) is 4.79 Å². The van der Waals surface area contributed by atoms with Crippen LogP contribution in [0.25, 0.3) is 0 Å². The second-order valence-electron chi connectivity index (χ2n) is 3.02. The van der Waals surface area contributed by atoms with E-state index in [-0.39, 0.29) is 5.78 Å². The summed E-state index contributed by atoms with van der Waals surface area (Å²) in [6.45, 7) is 0.739. The van der Waals surface area contributed by atoms with E-state index in [2.05, 4.69) is 10.3 Å². The molecule has 1 N–H and O–H groups in total. The maximum absolute atomic E-state index is 11.3. The fraction of sp³-hybridized carbons (Fsp3) is 0.556. The van der Waals surface area contributed by atoms with Gasteiger partial charge in [-0.1, -0.05) is 0 Å². The van der Waals surface area contributed by atoms with E-state index < -0.39 is 0 Å². The molecule has 0 saturated heterocycles. The Kier molecular flexibility index (Phi) is 3.64.